The quantitative estimate of drug-likeness (QED) is 0.717. The van der Waals surface area contributed by atoms with Gasteiger partial charge in [0, 0.05) is 11.8 Å². The number of nitrogens with zero attached hydrogens (tertiary/aromatic N) is 4. The molecule has 0 aliphatic carbocycles. The predicted molar refractivity (Wildman–Crippen MR) is 73.5 cm³/mol. The first-order valence-corrected chi connectivity index (χ1v) is 6.20. The van der Waals surface area contributed by atoms with Crippen LogP contribution < -0.4 is 0 Å². The molecule has 0 fully saturated rings. The van der Waals surface area contributed by atoms with E-state index >= 15 is 0 Å². The fourth-order valence-corrected chi connectivity index (χ4v) is 2.01. The lowest BCUT2D eigenvalue weighted by molar-refractivity contribution is 0.634. The Hall–Kier alpha value is -2.49. The van der Waals surface area contributed by atoms with Crippen LogP contribution in [0.1, 0.15) is 18.5 Å². The van der Waals surface area contributed by atoms with Crippen LogP contribution in [0.5, 0.6) is 0 Å². The Morgan fingerprint density at radius 2 is 1.68 bits per heavy atom. The molecule has 1 aromatic carbocycles. The molecule has 0 N–H and O–H groups in total. The minimum absolute atomic E-state index is 0.187. The van der Waals surface area contributed by atoms with Gasteiger partial charge in [0.05, 0.1) is 11.7 Å². The molecule has 1 unspecified atom stereocenters. The second-order valence-corrected chi connectivity index (χ2v) is 4.43. The number of pyridine rings is 1. The van der Waals surface area contributed by atoms with Crippen molar-refractivity contribution in [1.82, 2.24) is 19.7 Å². The van der Waals surface area contributed by atoms with Crippen molar-refractivity contribution in [2.24, 2.45) is 0 Å². The van der Waals surface area contributed by atoms with Gasteiger partial charge in [-0.2, -0.15) is 0 Å². The smallest absolute Gasteiger partial charge is 0.119 e. The summed E-state index contributed by atoms with van der Waals surface area (Å²) in [6, 6.07) is 14.5. The predicted octanol–water partition coefficient (Wildman–Crippen LogP) is 2.95. The summed E-state index contributed by atoms with van der Waals surface area (Å²) in [5.74, 6) is 0. The SMILES string of the molecule is CC(c1ccc(-c2ccccc2)nc1)n1cnnc1. The third-order valence-corrected chi connectivity index (χ3v) is 3.22. The Morgan fingerprint density at radius 1 is 0.947 bits per heavy atom. The largest absolute Gasteiger partial charge is 0.313 e. The maximum absolute atomic E-state index is 4.53. The van der Waals surface area contributed by atoms with Gasteiger partial charge in [-0.25, -0.2) is 0 Å². The Bertz CT molecular complexity index is 630. The van der Waals surface area contributed by atoms with E-state index in [9.17, 15) is 0 Å². The summed E-state index contributed by atoms with van der Waals surface area (Å²) in [6.45, 7) is 2.10. The van der Waals surface area contributed by atoms with E-state index in [1.165, 1.54) is 0 Å². The summed E-state index contributed by atoms with van der Waals surface area (Å²) in [4.78, 5) is 4.53. The molecule has 2 aromatic heterocycles. The molecule has 4 heteroatoms. The van der Waals surface area contributed by atoms with Gasteiger partial charge in [-0.3, -0.25) is 4.98 Å². The van der Waals surface area contributed by atoms with Gasteiger partial charge in [-0.15, -0.1) is 10.2 Å². The highest BCUT2D eigenvalue weighted by atomic mass is 15.2. The van der Waals surface area contributed by atoms with Crippen LogP contribution in [0.15, 0.2) is 61.3 Å². The summed E-state index contributed by atoms with van der Waals surface area (Å²) < 4.78 is 1.96. The zero-order chi connectivity index (χ0) is 13.1. The lowest BCUT2D eigenvalue weighted by Crippen LogP contribution is -2.04. The maximum atomic E-state index is 4.53. The molecule has 3 aromatic rings. The van der Waals surface area contributed by atoms with Gasteiger partial charge >= 0.3 is 0 Å². The molecule has 4 nitrogen and oxygen atoms in total. The standard InChI is InChI=1S/C15H14N4/c1-12(19-10-17-18-11-19)14-7-8-15(16-9-14)13-5-3-2-4-6-13/h2-12H,1H3. The van der Waals surface area contributed by atoms with Crippen molar-refractivity contribution >= 4 is 0 Å². The van der Waals surface area contributed by atoms with Crippen LogP contribution in [0.2, 0.25) is 0 Å². The summed E-state index contributed by atoms with van der Waals surface area (Å²) in [7, 11) is 0. The van der Waals surface area contributed by atoms with Crippen LogP contribution >= 0.6 is 0 Å². The van der Waals surface area contributed by atoms with Crippen molar-refractivity contribution in [3.8, 4) is 11.3 Å². The molecule has 94 valence electrons. The molecule has 0 spiro atoms. The topological polar surface area (TPSA) is 43.6 Å². The minimum Gasteiger partial charge on any atom is -0.313 e. The van der Waals surface area contributed by atoms with E-state index in [0.717, 1.165) is 16.8 Å². The lowest BCUT2D eigenvalue weighted by atomic mass is 10.1. The summed E-state index contributed by atoms with van der Waals surface area (Å²) >= 11 is 0. The van der Waals surface area contributed by atoms with Crippen molar-refractivity contribution < 1.29 is 0 Å². The third-order valence-electron chi connectivity index (χ3n) is 3.22. The fraction of sp³-hybridized carbons (Fsp3) is 0.133. The van der Waals surface area contributed by atoms with Gasteiger partial charge < -0.3 is 4.57 Å². The zero-order valence-corrected chi connectivity index (χ0v) is 10.6. The second kappa shape index (κ2) is 5.02. The van der Waals surface area contributed by atoms with Crippen LogP contribution in [0.25, 0.3) is 11.3 Å². The first-order valence-electron chi connectivity index (χ1n) is 6.20. The van der Waals surface area contributed by atoms with E-state index in [0.29, 0.717) is 0 Å². The number of benzene rings is 1. The number of hydrogen-bond donors (Lipinski definition) is 0. The van der Waals surface area contributed by atoms with E-state index in [2.05, 4.69) is 40.3 Å². The first-order chi connectivity index (χ1) is 9.34. The van der Waals surface area contributed by atoms with Gasteiger partial charge in [0.25, 0.3) is 0 Å². The van der Waals surface area contributed by atoms with Gasteiger partial charge in [0.15, 0.2) is 0 Å². The van der Waals surface area contributed by atoms with Gasteiger partial charge in [0.1, 0.15) is 12.7 Å². The molecule has 0 radical (unpaired) electrons. The lowest BCUT2D eigenvalue weighted by Gasteiger charge is -2.12. The minimum atomic E-state index is 0.187. The highest BCUT2D eigenvalue weighted by Gasteiger charge is 2.08. The van der Waals surface area contributed by atoms with Crippen LogP contribution in [0.3, 0.4) is 0 Å². The normalized spacial score (nSPS) is 12.3. The molecule has 3 rings (SSSR count). The highest BCUT2D eigenvalue weighted by Crippen LogP contribution is 2.20. The Labute approximate surface area is 111 Å². The third kappa shape index (κ3) is 2.38. The van der Waals surface area contributed by atoms with Gasteiger partial charge in [0.2, 0.25) is 0 Å². The highest BCUT2D eigenvalue weighted by molar-refractivity contribution is 5.58. The van der Waals surface area contributed by atoms with Crippen molar-refractivity contribution in [2.45, 2.75) is 13.0 Å². The molecule has 0 aliphatic heterocycles. The maximum Gasteiger partial charge on any atom is 0.119 e. The monoisotopic (exact) mass is 250 g/mol. The molecule has 1 atom stereocenters. The van der Waals surface area contributed by atoms with Crippen LogP contribution in [-0.4, -0.2) is 19.7 Å². The Morgan fingerprint density at radius 3 is 2.32 bits per heavy atom. The Kier molecular flexibility index (Phi) is 3.06. The van der Waals surface area contributed by atoms with Crippen LogP contribution in [0, 0.1) is 0 Å². The first kappa shape index (κ1) is 11.6. The van der Waals surface area contributed by atoms with E-state index < -0.39 is 0 Å². The average Bonchev–Trinajstić information content (AvgIpc) is 3.02. The Balaban J connectivity index is 1.87. The number of rotatable bonds is 3. The summed E-state index contributed by atoms with van der Waals surface area (Å²) in [5, 5.41) is 7.65. The van der Waals surface area contributed by atoms with E-state index in [-0.39, 0.29) is 6.04 Å². The fourth-order valence-electron chi connectivity index (χ4n) is 2.01. The van der Waals surface area contributed by atoms with Crippen molar-refractivity contribution in [3.05, 3.63) is 66.9 Å². The van der Waals surface area contributed by atoms with E-state index in [1.807, 2.05) is 35.0 Å². The van der Waals surface area contributed by atoms with Crippen molar-refractivity contribution in [1.29, 1.82) is 0 Å². The van der Waals surface area contributed by atoms with Crippen molar-refractivity contribution in [3.63, 3.8) is 0 Å². The number of hydrogen-bond acceptors (Lipinski definition) is 3. The molecular formula is C15H14N4. The average molecular weight is 250 g/mol. The number of aromatic nitrogens is 4. The van der Waals surface area contributed by atoms with Crippen LogP contribution in [-0.2, 0) is 0 Å². The second-order valence-electron chi connectivity index (χ2n) is 4.43. The summed E-state index contributed by atoms with van der Waals surface area (Å²) in [5.41, 5.74) is 3.26. The molecule has 19 heavy (non-hydrogen) atoms. The molecule has 0 amide bonds. The van der Waals surface area contributed by atoms with Gasteiger partial charge in [-0.1, -0.05) is 36.4 Å². The summed E-state index contributed by atoms with van der Waals surface area (Å²) in [6.07, 6.45) is 5.35. The molecule has 0 bridgehead atoms. The van der Waals surface area contributed by atoms with Gasteiger partial charge in [-0.05, 0) is 18.6 Å². The van der Waals surface area contributed by atoms with Crippen molar-refractivity contribution in [2.75, 3.05) is 0 Å². The van der Waals surface area contributed by atoms with E-state index in [1.54, 1.807) is 12.7 Å². The molecular weight excluding hydrogens is 236 g/mol. The molecule has 0 saturated heterocycles. The van der Waals surface area contributed by atoms with E-state index in [4.69, 9.17) is 0 Å². The molecule has 0 aliphatic rings. The molecule has 0 saturated carbocycles. The van der Waals surface area contributed by atoms with Crippen LogP contribution in [0.4, 0.5) is 0 Å². The molecule has 2 heterocycles. The zero-order valence-electron chi connectivity index (χ0n) is 10.6.